The number of alkyl carbamates (subject to hydrolysis) is 1. The lowest BCUT2D eigenvalue weighted by molar-refractivity contribution is 0.0407. The van der Waals surface area contributed by atoms with E-state index in [1.165, 1.54) is 0 Å². The summed E-state index contributed by atoms with van der Waals surface area (Å²) in [6, 6.07) is 24.3. The van der Waals surface area contributed by atoms with Crippen LogP contribution in [0.3, 0.4) is 0 Å². The van der Waals surface area contributed by atoms with Crippen molar-refractivity contribution in [2.24, 2.45) is 0 Å². The first kappa shape index (κ1) is 24.5. The number of aliphatic hydroxyl groups excluding tert-OH is 1. The monoisotopic (exact) mass is 472 g/mol. The van der Waals surface area contributed by atoms with Crippen molar-refractivity contribution >= 4 is 17.2 Å². The Morgan fingerprint density at radius 3 is 2.26 bits per heavy atom. The molecule has 0 aliphatic rings. The van der Waals surface area contributed by atoms with Crippen LogP contribution >= 0.6 is 0 Å². The maximum Gasteiger partial charge on any atom is 0.408 e. The van der Waals surface area contributed by atoms with Gasteiger partial charge in [-0.2, -0.15) is 0 Å². The van der Waals surface area contributed by atoms with E-state index in [1.807, 2.05) is 76.2 Å². The van der Waals surface area contributed by atoms with Gasteiger partial charge in [0.1, 0.15) is 11.1 Å². The number of nitrogens with zero attached hydrogens (tertiary/aromatic N) is 1. The van der Waals surface area contributed by atoms with Crippen LogP contribution in [-0.4, -0.2) is 33.9 Å². The molecule has 0 aliphatic heterocycles. The van der Waals surface area contributed by atoms with Gasteiger partial charge in [-0.15, -0.1) is 0 Å². The number of aliphatic hydroxyl groups is 1. The van der Waals surface area contributed by atoms with Crippen LogP contribution in [0.25, 0.3) is 33.7 Å². The SMILES string of the molecule is CC(C)(C)OC(=O)N[C@@](C)(CO)CCc1ccc2oc(-c3ccc(-c4ccccc4)cc3)nc2c1. The fraction of sp³-hybridized carbons (Fsp3) is 0.310. The van der Waals surface area contributed by atoms with E-state index in [1.54, 1.807) is 0 Å². The predicted molar refractivity (Wildman–Crippen MR) is 138 cm³/mol. The lowest BCUT2D eigenvalue weighted by Crippen LogP contribution is -2.50. The number of rotatable bonds is 7. The maximum atomic E-state index is 12.2. The molecule has 2 N–H and O–H groups in total. The van der Waals surface area contributed by atoms with Crippen LogP contribution in [0.15, 0.2) is 77.2 Å². The minimum Gasteiger partial charge on any atom is -0.444 e. The van der Waals surface area contributed by atoms with Crippen molar-refractivity contribution in [3.05, 3.63) is 78.4 Å². The summed E-state index contributed by atoms with van der Waals surface area (Å²) in [6.45, 7) is 7.04. The van der Waals surface area contributed by atoms with Gasteiger partial charge in [0.2, 0.25) is 5.89 Å². The van der Waals surface area contributed by atoms with E-state index in [-0.39, 0.29) is 6.61 Å². The highest BCUT2D eigenvalue weighted by atomic mass is 16.6. The molecule has 0 fully saturated rings. The van der Waals surface area contributed by atoms with E-state index < -0.39 is 17.2 Å². The topological polar surface area (TPSA) is 84.6 Å². The number of benzene rings is 3. The van der Waals surface area contributed by atoms with Gasteiger partial charge in [0.25, 0.3) is 0 Å². The number of fused-ring (bicyclic) bond motifs is 1. The Bertz CT molecular complexity index is 1290. The standard InChI is InChI=1S/C29H32N2O4/c1-28(2,3)35-27(33)31-29(4,19-32)17-16-20-10-15-25-24(18-20)30-26(34-25)23-13-11-22(12-14-23)21-8-6-5-7-9-21/h5-15,18,32H,16-17,19H2,1-4H3,(H,31,33)/t29-/m1/s1. The molecule has 35 heavy (non-hydrogen) atoms. The second-order valence-corrected chi connectivity index (χ2v) is 10.1. The third-order valence-electron chi connectivity index (χ3n) is 5.81. The molecular weight excluding hydrogens is 440 g/mol. The molecule has 0 spiro atoms. The minimum absolute atomic E-state index is 0.193. The van der Waals surface area contributed by atoms with Crippen molar-refractivity contribution in [1.29, 1.82) is 0 Å². The number of oxazole rings is 1. The number of nitrogens with one attached hydrogen (secondary N) is 1. The fourth-order valence-corrected chi connectivity index (χ4v) is 3.84. The highest BCUT2D eigenvalue weighted by molar-refractivity contribution is 5.77. The molecule has 0 saturated heterocycles. The van der Waals surface area contributed by atoms with Gasteiger partial charge in [-0.3, -0.25) is 0 Å². The van der Waals surface area contributed by atoms with E-state index in [9.17, 15) is 9.90 Å². The van der Waals surface area contributed by atoms with E-state index >= 15 is 0 Å². The lowest BCUT2D eigenvalue weighted by Gasteiger charge is -2.30. The van der Waals surface area contributed by atoms with E-state index in [2.05, 4.69) is 29.6 Å². The minimum atomic E-state index is -0.799. The summed E-state index contributed by atoms with van der Waals surface area (Å²) in [6.07, 6.45) is 0.653. The molecule has 4 rings (SSSR count). The second kappa shape index (κ2) is 9.92. The van der Waals surface area contributed by atoms with Crippen molar-refractivity contribution < 1.29 is 19.1 Å². The number of amides is 1. The Morgan fingerprint density at radius 1 is 0.943 bits per heavy atom. The quantitative estimate of drug-likeness (QED) is 0.326. The van der Waals surface area contributed by atoms with Crippen LogP contribution in [0.5, 0.6) is 0 Å². The van der Waals surface area contributed by atoms with E-state index in [0.717, 1.165) is 27.8 Å². The first-order valence-electron chi connectivity index (χ1n) is 11.8. The Labute approximate surface area is 206 Å². The summed E-state index contributed by atoms with van der Waals surface area (Å²) in [7, 11) is 0. The molecule has 0 unspecified atom stereocenters. The van der Waals surface area contributed by atoms with Crippen molar-refractivity contribution in [3.63, 3.8) is 0 Å². The fourth-order valence-electron chi connectivity index (χ4n) is 3.84. The lowest BCUT2D eigenvalue weighted by atomic mass is 9.94. The normalized spacial score (nSPS) is 13.4. The molecule has 3 aromatic carbocycles. The molecule has 182 valence electrons. The number of hydrogen-bond acceptors (Lipinski definition) is 5. The van der Waals surface area contributed by atoms with Gasteiger partial charge < -0.3 is 19.6 Å². The first-order chi connectivity index (χ1) is 16.6. The van der Waals surface area contributed by atoms with Crippen molar-refractivity contribution in [2.45, 2.75) is 51.7 Å². The number of ether oxygens (including phenoxy) is 1. The van der Waals surface area contributed by atoms with Gasteiger partial charge in [-0.1, -0.05) is 48.5 Å². The number of hydrogen-bond donors (Lipinski definition) is 2. The number of aryl methyl sites for hydroxylation is 1. The van der Waals surface area contributed by atoms with Crippen LogP contribution in [0, 0.1) is 0 Å². The number of carbonyl (C=O) groups excluding carboxylic acids is 1. The summed E-state index contributed by atoms with van der Waals surface area (Å²) in [5.74, 6) is 0.573. The van der Waals surface area contributed by atoms with Gasteiger partial charge in [0.15, 0.2) is 5.58 Å². The van der Waals surface area contributed by atoms with Crippen LogP contribution in [0.4, 0.5) is 4.79 Å². The zero-order chi connectivity index (χ0) is 25.1. The van der Waals surface area contributed by atoms with Crippen LogP contribution in [-0.2, 0) is 11.2 Å². The Hall–Kier alpha value is -3.64. The molecule has 1 amide bonds. The summed E-state index contributed by atoms with van der Waals surface area (Å²) in [5, 5.41) is 12.7. The highest BCUT2D eigenvalue weighted by Gasteiger charge is 2.28. The Morgan fingerprint density at radius 2 is 1.60 bits per heavy atom. The zero-order valence-electron chi connectivity index (χ0n) is 20.7. The average Bonchev–Trinajstić information content (AvgIpc) is 3.26. The van der Waals surface area contributed by atoms with Crippen LogP contribution in [0.1, 0.15) is 39.7 Å². The van der Waals surface area contributed by atoms with E-state index in [4.69, 9.17) is 14.1 Å². The van der Waals surface area contributed by atoms with Gasteiger partial charge in [0.05, 0.1) is 12.1 Å². The molecule has 0 saturated carbocycles. The molecule has 6 heteroatoms. The molecular formula is C29H32N2O4. The Balaban J connectivity index is 1.45. The molecule has 0 radical (unpaired) electrons. The molecule has 0 bridgehead atoms. The van der Waals surface area contributed by atoms with Crippen molar-refractivity contribution in [1.82, 2.24) is 10.3 Å². The average molecular weight is 473 g/mol. The molecule has 1 aromatic heterocycles. The first-order valence-corrected chi connectivity index (χ1v) is 11.8. The summed E-state index contributed by atoms with van der Waals surface area (Å²) in [4.78, 5) is 16.9. The molecule has 6 nitrogen and oxygen atoms in total. The molecule has 4 aromatic rings. The summed E-state index contributed by atoms with van der Waals surface area (Å²) < 4.78 is 11.3. The summed E-state index contributed by atoms with van der Waals surface area (Å²) in [5.41, 5.74) is 4.35. The number of aromatic nitrogens is 1. The molecule has 0 aliphatic carbocycles. The smallest absolute Gasteiger partial charge is 0.408 e. The Kier molecular flexibility index (Phi) is 6.94. The molecule has 1 heterocycles. The van der Waals surface area contributed by atoms with Crippen molar-refractivity contribution in [2.75, 3.05) is 6.61 Å². The third kappa shape index (κ3) is 6.28. The highest BCUT2D eigenvalue weighted by Crippen LogP contribution is 2.28. The maximum absolute atomic E-state index is 12.2. The largest absolute Gasteiger partial charge is 0.444 e. The van der Waals surface area contributed by atoms with Crippen molar-refractivity contribution in [3.8, 4) is 22.6 Å². The van der Waals surface area contributed by atoms with Gasteiger partial charge in [-0.25, -0.2) is 9.78 Å². The summed E-state index contributed by atoms with van der Waals surface area (Å²) >= 11 is 0. The molecule has 1 atom stereocenters. The van der Waals surface area contributed by atoms with Gasteiger partial charge in [0, 0.05) is 5.56 Å². The number of carbonyl (C=O) groups is 1. The predicted octanol–water partition coefficient (Wildman–Crippen LogP) is 6.37. The third-order valence-corrected chi connectivity index (χ3v) is 5.81. The van der Waals surface area contributed by atoms with Crippen LogP contribution < -0.4 is 5.32 Å². The van der Waals surface area contributed by atoms with Gasteiger partial charge in [-0.05, 0) is 81.5 Å². The van der Waals surface area contributed by atoms with Crippen LogP contribution in [0.2, 0.25) is 0 Å². The zero-order valence-corrected chi connectivity index (χ0v) is 20.7. The van der Waals surface area contributed by atoms with E-state index in [0.29, 0.717) is 24.3 Å². The second-order valence-electron chi connectivity index (χ2n) is 10.1. The van der Waals surface area contributed by atoms with Gasteiger partial charge >= 0.3 is 6.09 Å².